The van der Waals surface area contributed by atoms with Crippen LogP contribution in [0.25, 0.3) is 0 Å². The standard InChI is InChI=1S/C12H20N2S/c1-4-10-12(8(2)3)14-11(15-10)5-9-6-13-7-9/h8-9,13H,4-7H2,1-3H3. The van der Waals surface area contributed by atoms with Gasteiger partial charge in [0.1, 0.15) is 0 Å². The van der Waals surface area contributed by atoms with Crippen molar-refractivity contribution in [1.82, 2.24) is 10.3 Å². The minimum absolute atomic E-state index is 0.574. The number of hydrogen-bond donors (Lipinski definition) is 1. The van der Waals surface area contributed by atoms with Crippen LogP contribution in [0.2, 0.25) is 0 Å². The Morgan fingerprint density at radius 2 is 2.20 bits per heavy atom. The summed E-state index contributed by atoms with van der Waals surface area (Å²) in [7, 11) is 0. The highest BCUT2D eigenvalue weighted by atomic mass is 32.1. The second kappa shape index (κ2) is 4.62. The highest BCUT2D eigenvalue weighted by Crippen LogP contribution is 2.27. The quantitative estimate of drug-likeness (QED) is 0.850. The summed E-state index contributed by atoms with van der Waals surface area (Å²) in [5, 5.41) is 4.67. The van der Waals surface area contributed by atoms with Crippen molar-refractivity contribution in [1.29, 1.82) is 0 Å². The van der Waals surface area contributed by atoms with Gasteiger partial charge in [-0.2, -0.15) is 0 Å². The summed E-state index contributed by atoms with van der Waals surface area (Å²) in [5.74, 6) is 1.41. The zero-order valence-electron chi connectivity index (χ0n) is 9.84. The molecule has 2 nitrogen and oxygen atoms in total. The predicted molar refractivity (Wildman–Crippen MR) is 65.6 cm³/mol. The molecule has 0 spiro atoms. The van der Waals surface area contributed by atoms with Crippen LogP contribution in [-0.2, 0) is 12.8 Å². The lowest BCUT2D eigenvalue weighted by atomic mass is 10.00. The fourth-order valence-corrected chi connectivity index (χ4v) is 3.22. The Bertz CT molecular complexity index is 326. The van der Waals surface area contributed by atoms with E-state index in [2.05, 4.69) is 26.1 Å². The van der Waals surface area contributed by atoms with Crippen LogP contribution in [0.5, 0.6) is 0 Å². The maximum Gasteiger partial charge on any atom is 0.0934 e. The average molecular weight is 224 g/mol. The minimum atomic E-state index is 0.574. The summed E-state index contributed by atoms with van der Waals surface area (Å²) >= 11 is 1.93. The first-order chi connectivity index (χ1) is 7.20. The van der Waals surface area contributed by atoms with E-state index < -0.39 is 0 Å². The summed E-state index contributed by atoms with van der Waals surface area (Å²) in [4.78, 5) is 6.29. The molecule has 1 fully saturated rings. The Morgan fingerprint density at radius 1 is 1.47 bits per heavy atom. The Labute approximate surface area is 96.1 Å². The van der Waals surface area contributed by atoms with Gasteiger partial charge in [0.15, 0.2) is 0 Å². The number of aryl methyl sites for hydroxylation is 1. The molecule has 84 valence electrons. The molecule has 1 aromatic heterocycles. The third kappa shape index (κ3) is 2.40. The third-order valence-electron chi connectivity index (χ3n) is 2.97. The second-order valence-electron chi connectivity index (χ2n) is 4.65. The van der Waals surface area contributed by atoms with Gasteiger partial charge in [0.25, 0.3) is 0 Å². The van der Waals surface area contributed by atoms with E-state index in [1.807, 2.05) is 11.3 Å². The molecule has 2 heterocycles. The highest BCUT2D eigenvalue weighted by molar-refractivity contribution is 7.11. The molecule has 0 aromatic carbocycles. The van der Waals surface area contributed by atoms with E-state index in [1.165, 1.54) is 35.1 Å². The third-order valence-corrected chi connectivity index (χ3v) is 4.21. The van der Waals surface area contributed by atoms with Crippen LogP contribution in [-0.4, -0.2) is 18.1 Å². The Kier molecular flexibility index (Phi) is 3.42. The normalized spacial score (nSPS) is 17.1. The first kappa shape index (κ1) is 11.1. The molecule has 0 atom stereocenters. The van der Waals surface area contributed by atoms with Crippen LogP contribution >= 0.6 is 11.3 Å². The summed E-state index contributed by atoms with van der Waals surface area (Å²) in [6, 6.07) is 0. The topological polar surface area (TPSA) is 24.9 Å². The molecular weight excluding hydrogens is 204 g/mol. The smallest absolute Gasteiger partial charge is 0.0934 e. The van der Waals surface area contributed by atoms with Crippen molar-refractivity contribution in [3.63, 3.8) is 0 Å². The molecule has 1 N–H and O–H groups in total. The van der Waals surface area contributed by atoms with E-state index in [0.29, 0.717) is 5.92 Å². The molecule has 0 amide bonds. The van der Waals surface area contributed by atoms with E-state index in [-0.39, 0.29) is 0 Å². The maximum absolute atomic E-state index is 4.79. The number of rotatable bonds is 4. The number of thiazole rings is 1. The summed E-state index contributed by atoms with van der Waals surface area (Å²) < 4.78 is 0. The molecule has 3 heteroatoms. The lowest BCUT2D eigenvalue weighted by Crippen LogP contribution is -2.43. The van der Waals surface area contributed by atoms with Gasteiger partial charge >= 0.3 is 0 Å². The number of hydrogen-bond acceptors (Lipinski definition) is 3. The van der Waals surface area contributed by atoms with Crippen LogP contribution in [0.4, 0.5) is 0 Å². The van der Waals surface area contributed by atoms with Crippen molar-refractivity contribution in [3.8, 4) is 0 Å². The first-order valence-corrected chi connectivity index (χ1v) is 6.71. The molecule has 2 rings (SSSR count). The summed E-state index contributed by atoms with van der Waals surface area (Å²) in [6.07, 6.45) is 2.31. The molecule has 0 saturated carbocycles. The highest BCUT2D eigenvalue weighted by Gasteiger charge is 2.20. The molecule has 0 aliphatic carbocycles. The van der Waals surface area contributed by atoms with Gasteiger partial charge in [-0.25, -0.2) is 4.98 Å². The SMILES string of the molecule is CCc1sc(CC2CNC2)nc1C(C)C. The summed E-state index contributed by atoms with van der Waals surface area (Å²) in [6.45, 7) is 9.07. The average Bonchev–Trinajstić information content (AvgIpc) is 2.54. The Hall–Kier alpha value is -0.410. The maximum atomic E-state index is 4.79. The molecule has 1 aliphatic heterocycles. The molecule has 15 heavy (non-hydrogen) atoms. The fraction of sp³-hybridized carbons (Fsp3) is 0.750. The zero-order chi connectivity index (χ0) is 10.8. The number of nitrogens with one attached hydrogen (secondary N) is 1. The zero-order valence-corrected chi connectivity index (χ0v) is 10.7. The van der Waals surface area contributed by atoms with Crippen molar-refractivity contribution >= 4 is 11.3 Å². The molecule has 0 bridgehead atoms. The van der Waals surface area contributed by atoms with Crippen LogP contribution in [0.3, 0.4) is 0 Å². The lowest BCUT2D eigenvalue weighted by molar-refractivity contribution is 0.346. The largest absolute Gasteiger partial charge is 0.316 e. The number of aromatic nitrogens is 1. The van der Waals surface area contributed by atoms with E-state index in [4.69, 9.17) is 4.98 Å². The second-order valence-corrected chi connectivity index (χ2v) is 5.82. The fourth-order valence-electron chi connectivity index (χ4n) is 1.95. The number of nitrogens with zero attached hydrogens (tertiary/aromatic N) is 1. The summed E-state index contributed by atoms with van der Waals surface area (Å²) in [5.41, 5.74) is 1.34. The Balaban J connectivity index is 2.10. The minimum Gasteiger partial charge on any atom is -0.316 e. The predicted octanol–water partition coefficient (Wildman–Crippen LogP) is 2.59. The molecule has 1 aromatic rings. The molecule has 1 aliphatic rings. The first-order valence-electron chi connectivity index (χ1n) is 5.89. The monoisotopic (exact) mass is 224 g/mol. The van der Waals surface area contributed by atoms with Gasteiger partial charge in [0.2, 0.25) is 0 Å². The van der Waals surface area contributed by atoms with Crippen LogP contribution in [0.1, 0.15) is 42.3 Å². The van der Waals surface area contributed by atoms with Crippen molar-refractivity contribution < 1.29 is 0 Å². The van der Waals surface area contributed by atoms with Gasteiger partial charge < -0.3 is 5.32 Å². The van der Waals surface area contributed by atoms with Crippen molar-refractivity contribution in [3.05, 3.63) is 15.6 Å². The van der Waals surface area contributed by atoms with Gasteiger partial charge in [-0.3, -0.25) is 0 Å². The molecule has 0 radical (unpaired) electrons. The van der Waals surface area contributed by atoms with Crippen molar-refractivity contribution in [2.75, 3.05) is 13.1 Å². The van der Waals surface area contributed by atoms with Gasteiger partial charge in [-0.1, -0.05) is 20.8 Å². The molecular formula is C12H20N2S. The van der Waals surface area contributed by atoms with Crippen LogP contribution in [0, 0.1) is 5.92 Å². The van der Waals surface area contributed by atoms with E-state index in [9.17, 15) is 0 Å². The lowest BCUT2D eigenvalue weighted by Gasteiger charge is -2.25. The van der Waals surface area contributed by atoms with Crippen molar-refractivity contribution in [2.24, 2.45) is 5.92 Å². The van der Waals surface area contributed by atoms with Crippen LogP contribution in [0.15, 0.2) is 0 Å². The molecule has 1 saturated heterocycles. The Morgan fingerprint density at radius 3 is 2.60 bits per heavy atom. The van der Waals surface area contributed by atoms with Gasteiger partial charge in [0.05, 0.1) is 10.7 Å². The van der Waals surface area contributed by atoms with Gasteiger partial charge in [0, 0.05) is 11.3 Å². The van der Waals surface area contributed by atoms with E-state index in [0.717, 1.165) is 12.3 Å². The van der Waals surface area contributed by atoms with Gasteiger partial charge in [-0.05, 0) is 31.3 Å². The van der Waals surface area contributed by atoms with Crippen molar-refractivity contribution in [2.45, 2.75) is 39.5 Å². The van der Waals surface area contributed by atoms with Gasteiger partial charge in [-0.15, -0.1) is 11.3 Å². The van der Waals surface area contributed by atoms with Crippen LogP contribution < -0.4 is 5.32 Å². The van der Waals surface area contributed by atoms with E-state index >= 15 is 0 Å². The molecule has 0 unspecified atom stereocenters. The van der Waals surface area contributed by atoms with E-state index in [1.54, 1.807) is 0 Å².